The first-order valence-corrected chi connectivity index (χ1v) is 14.3. The van der Waals surface area contributed by atoms with Crippen molar-refractivity contribution in [3.8, 4) is 11.5 Å². The number of para-hydroxylation sites is 1. The second-order valence-corrected chi connectivity index (χ2v) is 11.6. The van der Waals surface area contributed by atoms with Crippen molar-refractivity contribution in [3.05, 3.63) is 42.5 Å². The maximum Gasteiger partial charge on any atom is 0.244 e. The maximum atomic E-state index is 13.0. The molecule has 1 aliphatic rings. The summed E-state index contributed by atoms with van der Waals surface area (Å²) < 4.78 is 39.1. The molecule has 3 N–H and O–H groups in total. The van der Waals surface area contributed by atoms with Crippen molar-refractivity contribution in [1.82, 2.24) is 14.7 Å². The lowest BCUT2D eigenvalue weighted by molar-refractivity contribution is 0.284. The molecule has 0 unspecified atom stereocenters. The Labute approximate surface area is 219 Å². The Morgan fingerprint density at radius 2 is 1.65 bits per heavy atom. The van der Waals surface area contributed by atoms with Gasteiger partial charge >= 0.3 is 0 Å². The lowest BCUT2D eigenvalue weighted by atomic mass is 9.82. The van der Waals surface area contributed by atoms with Gasteiger partial charge in [-0.25, -0.2) is 18.1 Å². The van der Waals surface area contributed by atoms with Crippen LogP contribution in [-0.2, 0) is 10.0 Å². The lowest BCUT2D eigenvalue weighted by Crippen LogP contribution is -2.32. The van der Waals surface area contributed by atoms with Crippen LogP contribution in [-0.4, -0.2) is 51.7 Å². The van der Waals surface area contributed by atoms with Gasteiger partial charge < -0.3 is 20.1 Å². The van der Waals surface area contributed by atoms with Crippen molar-refractivity contribution in [2.45, 2.75) is 50.5 Å². The molecular weight excluding hydrogens is 490 g/mol. The number of hydrogen-bond acceptors (Lipinski definition) is 8. The van der Waals surface area contributed by atoms with Crippen LogP contribution in [0.5, 0.6) is 11.5 Å². The number of nitrogens with zero attached hydrogens (tertiary/aromatic N) is 2. The van der Waals surface area contributed by atoms with Crippen molar-refractivity contribution in [2.75, 3.05) is 37.9 Å². The Bertz CT molecular complexity index is 1310. The van der Waals surface area contributed by atoms with Gasteiger partial charge in [-0.1, -0.05) is 12.1 Å². The first-order valence-electron chi connectivity index (χ1n) is 12.8. The van der Waals surface area contributed by atoms with Crippen molar-refractivity contribution in [1.29, 1.82) is 0 Å². The summed E-state index contributed by atoms with van der Waals surface area (Å²) in [7, 11) is -0.750. The minimum atomic E-state index is -3.72. The number of rotatable bonds is 11. The standard InChI is InChI=1S/C27H37N5O4S/c1-18(2)30-26-22-7-5-6-8-23(22)31-27(32-26)28-16-19-9-11-20(12-10-19)17-29-37(33,34)25-15-21(35-3)13-14-24(25)36-4/h5-8,13-15,18-20,29H,9-12,16-17H2,1-4H3,(H2,28,30,31,32). The Balaban J connectivity index is 1.30. The molecule has 0 aliphatic heterocycles. The SMILES string of the molecule is COc1ccc(OC)c(S(=O)(=O)NCC2CCC(CNc3nc(NC(C)C)c4ccccc4n3)CC2)c1. The van der Waals surface area contributed by atoms with Crippen LogP contribution in [0.3, 0.4) is 0 Å². The molecule has 0 atom stereocenters. The Morgan fingerprint density at radius 1 is 0.946 bits per heavy atom. The highest BCUT2D eigenvalue weighted by Gasteiger charge is 2.25. The predicted octanol–water partition coefficient (Wildman–Crippen LogP) is 4.66. The van der Waals surface area contributed by atoms with E-state index in [0.717, 1.165) is 48.9 Å². The summed E-state index contributed by atoms with van der Waals surface area (Å²) in [4.78, 5) is 9.51. The monoisotopic (exact) mass is 527 g/mol. The second-order valence-electron chi connectivity index (χ2n) is 9.85. The van der Waals surface area contributed by atoms with E-state index in [2.05, 4.69) is 29.2 Å². The number of hydrogen-bond donors (Lipinski definition) is 3. The largest absolute Gasteiger partial charge is 0.497 e. The first-order chi connectivity index (χ1) is 17.8. The maximum absolute atomic E-state index is 13.0. The summed E-state index contributed by atoms with van der Waals surface area (Å²) in [5.41, 5.74) is 0.909. The molecule has 3 aromatic rings. The number of methoxy groups -OCH3 is 2. The summed E-state index contributed by atoms with van der Waals surface area (Å²) >= 11 is 0. The van der Waals surface area contributed by atoms with E-state index in [4.69, 9.17) is 19.4 Å². The average molecular weight is 528 g/mol. The highest BCUT2D eigenvalue weighted by atomic mass is 32.2. The molecule has 1 fully saturated rings. The van der Waals surface area contributed by atoms with Gasteiger partial charge in [0.1, 0.15) is 22.2 Å². The fourth-order valence-electron chi connectivity index (χ4n) is 4.71. The number of benzene rings is 2. The van der Waals surface area contributed by atoms with Crippen molar-refractivity contribution >= 4 is 32.7 Å². The molecule has 1 aliphatic carbocycles. The van der Waals surface area contributed by atoms with Gasteiger partial charge in [-0.05, 0) is 75.6 Å². The molecule has 37 heavy (non-hydrogen) atoms. The highest BCUT2D eigenvalue weighted by molar-refractivity contribution is 7.89. The van der Waals surface area contributed by atoms with Gasteiger partial charge in [-0.3, -0.25) is 0 Å². The predicted molar refractivity (Wildman–Crippen MR) is 147 cm³/mol. The molecule has 0 saturated heterocycles. The Morgan fingerprint density at radius 3 is 2.32 bits per heavy atom. The molecule has 9 nitrogen and oxygen atoms in total. The number of nitrogens with one attached hydrogen (secondary N) is 3. The van der Waals surface area contributed by atoms with Crippen molar-refractivity contribution in [3.63, 3.8) is 0 Å². The van der Waals surface area contributed by atoms with Gasteiger partial charge in [0.05, 0.1) is 19.7 Å². The third-order valence-corrected chi connectivity index (χ3v) is 8.21. The minimum Gasteiger partial charge on any atom is -0.497 e. The molecule has 0 radical (unpaired) electrons. The molecule has 1 heterocycles. The van der Waals surface area contributed by atoms with E-state index in [-0.39, 0.29) is 10.9 Å². The molecule has 1 aromatic heterocycles. The molecule has 4 rings (SSSR count). The molecule has 10 heteroatoms. The number of sulfonamides is 1. The topological polar surface area (TPSA) is 114 Å². The van der Waals surface area contributed by atoms with Crippen LogP contribution in [0.4, 0.5) is 11.8 Å². The van der Waals surface area contributed by atoms with Crippen LogP contribution in [0.15, 0.2) is 47.4 Å². The number of anilines is 2. The zero-order valence-corrected chi connectivity index (χ0v) is 22.8. The van der Waals surface area contributed by atoms with Crippen LogP contribution in [0.25, 0.3) is 10.9 Å². The molecule has 0 bridgehead atoms. The van der Waals surface area contributed by atoms with Crippen LogP contribution in [0.1, 0.15) is 39.5 Å². The van der Waals surface area contributed by atoms with Crippen molar-refractivity contribution in [2.24, 2.45) is 11.8 Å². The number of fused-ring (bicyclic) bond motifs is 1. The van der Waals surface area contributed by atoms with Gasteiger partial charge in [0.15, 0.2) is 0 Å². The summed E-state index contributed by atoms with van der Waals surface area (Å²) in [6.07, 6.45) is 3.96. The summed E-state index contributed by atoms with van der Waals surface area (Å²) in [6.45, 7) is 5.38. The first kappa shape index (κ1) is 26.9. The van der Waals surface area contributed by atoms with Crippen LogP contribution < -0.4 is 24.8 Å². The van der Waals surface area contributed by atoms with E-state index < -0.39 is 10.0 Å². The van der Waals surface area contributed by atoms with Gasteiger partial charge in [0.2, 0.25) is 16.0 Å². The lowest BCUT2D eigenvalue weighted by Gasteiger charge is -2.29. The smallest absolute Gasteiger partial charge is 0.244 e. The average Bonchev–Trinajstić information content (AvgIpc) is 2.90. The molecule has 1 saturated carbocycles. The second kappa shape index (κ2) is 12.0. The van der Waals surface area contributed by atoms with E-state index in [1.165, 1.54) is 20.3 Å². The summed E-state index contributed by atoms with van der Waals surface area (Å²) in [5.74, 6) is 3.02. The van der Waals surface area contributed by atoms with Gasteiger partial charge in [-0.2, -0.15) is 4.98 Å². The summed E-state index contributed by atoms with van der Waals surface area (Å²) in [5, 5.41) is 7.87. The zero-order valence-electron chi connectivity index (χ0n) is 22.0. The summed E-state index contributed by atoms with van der Waals surface area (Å²) in [6, 6.07) is 13.0. The molecule has 0 amide bonds. The van der Waals surface area contributed by atoms with Crippen LogP contribution in [0, 0.1) is 11.8 Å². The van der Waals surface area contributed by atoms with Crippen LogP contribution >= 0.6 is 0 Å². The third kappa shape index (κ3) is 6.81. The molecular formula is C27H37N5O4S. The number of aromatic nitrogens is 2. The van der Waals surface area contributed by atoms with E-state index in [0.29, 0.717) is 35.8 Å². The highest BCUT2D eigenvalue weighted by Crippen LogP contribution is 2.31. The quantitative estimate of drug-likeness (QED) is 0.330. The van der Waals surface area contributed by atoms with Gasteiger partial charge in [0, 0.05) is 30.6 Å². The van der Waals surface area contributed by atoms with Gasteiger partial charge in [-0.15, -0.1) is 0 Å². The van der Waals surface area contributed by atoms with E-state index in [1.807, 2.05) is 24.3 Å². The zero-order chi connectivity index (χ0) is 26.4. The molecule has 0 spiro atoms. The van der Waals surface area contributed by atoms with Crippen LogP contribution in [0.2, 0.25) is 0 Å². The molecule has 200 valence electrons. The number of ether oxygens (including phenoxy) is 2. The van der Waals surface area contributed by atoms with Crippen molar-refractivity contribution < 1.29 is 17.9 Å². The minimum absolute atomic E-state index is 0.0916. The van der Waals surface area contributed by atoms with E-state index in [9.17, 15) is 8.42 Å². The van der Waals surface area contributed by atoms with E-state index >= 15 is 0 Å². The normalized spacial score (nSPS) is 18.1. The Hall–Kier alpha value is -3.11. The molecule has 2 aromatic carbocycles. The fraction of sp³-hybridized carbons (Fsp3) is 0.481. The van der Waals surface area contributed by atoms with E-state index in [1.54, 1.807) is 12.1 Å². The Kier molecular flexibility index (Phi) is 8.71. The fourth-order valence-corrected chi connectivity index (χ4v) is 6.01. The third-order valence-electron chi connectivity index (χ3n) is 6.77. The van der Waals surface area contributed by atoms with Gasteiger partial charge in [0.25, 0.3) is 0 Å².